The normalized spacial score (nSPS) is 29.8. The van der Waals surface area contributed by atoms with Crippen LogP contribution in [0.3, 0.4) is 0 Å². The topological polar surface area (TPSA) is 47.0 Å². The van der Waals surface area contributed by atoms with Crippen LogP contribution in [0, 0.1) is 5.41 Å². The van der Waals surface area contributed by atoms with E-state index in [1.54, 1.807) is 0 Å². The van der Waals surface area contributed by atoms with E-state index in [0.717, 1.165) is 26.2 Å². The van der Waals surface area contributed by atoms with E-state index in [1.165, 1.54) is 0 Å². The second-order valence-corrected chi connectivity index (χ2v) is 5.77. The molecule has 5 heteroatoms. The third-order valence-electron chi connectivity index (χ3n) is 3.91. The van der Waals surface area contributed by atoms with E-state index >= 15 is 0 Å². The number of nitrogens with zero attached hydrogens (tertiary/aromatic N) is 3. The number of likely N-dealkylation sites (tertiary alicyclic amines) is 3. The van der Waals surface area contributed by atoms with E-state index < -0.39 is 0 Å². The highest BCUT2D eigenvalue weighted by Crippen LogP contribution is 2.38. The van der Waals surface area contributed by atoms with E-state index in [0.29, 0.717) is 25.0 Å². The van der Waals surface area contributed by atoms with Crippen LogP contribution in [0.2, 0.25) is 0 Å². The fraction of sp³-hybridized carbons (Fsp3) is 0.909. The number of amides is 1. The molecule has 1 spiro atoms. The maximum absolute atomic E-state index is 11.8. The Morgan fingerprint density at radius 2 is 1.94 bits per heavy atom. The first-order valence-electron chi connectivity index (χ1n) is 5.93. The van der Waals surface area contributed by atoms with E-state index in [2.05, 4.69) is 11.9 Å². The van der Waals surface area contributed by atoms with Gasteiger partial charge < -0.3 is 14.9 Å². The highest BCUT2D eigenvalue weighted by molar-refractivity contribution is 5.79. The number of carbonyl (C=O) groups is 1. The highest BCUT2D eigenvalue weighted by atomic mass is 16.3. The van der Waals surface area contributed by atoms with Crippen molar-refractivity contribution in [1.29, 1.82) is 0 Å². The summed E-state index contributed by atoms with van der Waals surface area (Å²) >= 11 is 0. The number of β-amino-alcohol motifs (C(OH)–C–C–N with tert-alkyl or cyclic N) is 1. The predicted octanol–water partition coefficient (Wildman–Crippen LogP) is -1.56. The molecular weight excluding hydrogens is 206 g/mol. The third kappa shape index (κ3) is 1.63. The number of rotatable bonds is 2. The summed E-state index contributed by atoms with van der Waals surface area (Å²) in [5, 5.41) is 9.13. The van der Waals surface area contributed by atoms with Crippen LogP contribution >= 0.6 is 0 Å². The monoisotopic (exact) mass is 225 g/mol. The predicted molar refractivity (Wildman–Crippen MR) is 59.0 cm³/mol. The zero-order valence-corrected chi connectivity index (χ0v) is 9.72. The van der Waals surface area contributed by atoms with Crippen molar-refractivity contribution in [2.24, 2.45) is 5.41 Å². The molecule has 3 aliphatic heterocycles. The lowest BCUT2D eigenvalue weighted by Gasteiger charge is -2.59. The van der Waals surface area contributed by atoms with Crippen LogP contribution in [-0.4, -0.2) is 84.7 Å². The zero-order chi connectivity index (χ0) is 11.3. The first-order chi connectivity index (χ1) is 7.56. The molecule has 0 radical (unpaired) electrons. The quantitative estimate of drug-likeness (QED) is 0.617. The summed E-state index contributed by atoms with van der Waals surface area (Å²) in [5.74, 6) is 0.229. The number of aliphatic hydroxyl groups is 1. The standard InChI is InChI=1S/C11H19N3O2/c1-12-5-11(6-12)7-14(8-11)10(16)4-13-2-9(15)3-13/h9,15H,2-8H2,1H3. The van der Waals surface area contributed by atoms with Gasteiger partial charge in [0.2, 0.25) is 5.91 Å². The molecule has 1 N–H and O–H groups in total. The van der Waals surface area contributed by atoms with Crippen LogP contribution in [0.4, 0.5) is 0 Å². The Kier molecular flexibility index (Phi) is 2.24. The smallest absolute Gasteiger partial charge is 0.236 e. The molecule has 3 fully saturated rings. The van der Waals surface area contributed by atoms with Crippen LogP contribution in [0.15, 0.2) is 0 Å². The molecule has 0 unspecified atom stereocenters. The fourth-order valence-corrected chi connectivity index (χ4v) is 3.20. The lowest BCUT2D eigenvalue weighted by atomic mass is 9.73. The van der Waals surface area contributed by atoms with Gasteiger partial charge in [-0.3, -0.25) is 9.69 Å². The molecule has 3 saturated heterocycles. The minimum absolute atomic E-state index is 0.212. The third-order valence-corrected chi connectivity index (χ3v) is 3.91. The lowest BCUT2D eigenvalue weighted by Crippen LogP contribution is -2.72. The van der Waals surface area contributed by atoms with Crippen LogP contribution in [0.5, 0.6) is 0 Å². The average Bonchev–Trinajstić information content (AvgIpc) is 2.05. The molecule has 0 atom stereocenters. The molecule has 0 aromatic rings. The molecule has 0 aromatic heterocycles. The molecule has 1 amide bonds. The summed E-state index contributed by atoms with van der Waals surface area (Å²) in [6.45, 7) is 5.96. The van der Waals surface area contributed by atoms with Crippen LogP contribution < -0.4 is 0 Å². The van der Waals surface area contributed by atoms with Gasteiger partial charge in [-0.05, 0) is 7.05 Å². The van der Waals surface area contributed by atoms with Gasteiger partial charge in [0.25, 0.3) is 0 Å². The molecule has 3 rings (SSSR count). The van der Waals surface area contributed by atoms with Gasteiger partial charge in [-0.15, -0.1) is 0 Å². The van der Waals surface area contributed by atoms with Gasteiger partial charge in [-0.1, -0.05) is 0 Å². The molecule has 0 bridgehead atoms. The highest BCUT2D eigenvalue weighted by Gasteiger charge is 2.51. The maximum atomic E-state index is 11.8. The molecule has 3 aliphatic rings. The molecule has 3 heterocycles. The Balaban J connectivity index is 1.41. The van der Waals surface area contributed by atoms with E-state index in [9.17, 15) is 4.79 Å². The maximum Gasteiger partial charge on any atom is 0.236 e. The summed E-state index contributed by atoms with van der Waals surface area (Å²) in [6, 6.07) is 0. The van der Waals surface area contributed by atoms with Gasteiger partial charge in [0.15, 0.2) is 0 Å². The number of carbonyl (C=O) groups excluding carboxylic acids is 1. The Morgan fingerprint density at radius 1 is 1.31 bits per heavy atom. The van der Waals surface area contributed by atoms with Crippen molar-refractivity contribution in [3.8, 4) is 0 Å². The SMILES string of the molecule is CN1CC2(C1)CN(C(=O)CN1CC(O)C1)C2. The fourth-order valence-electron chi connectivity index (χ4n) is 3.20. The van der Waals surface area contributed by atoms with Crippen molar-refractivity contribution < 1.29 is 9.90 Å². The summed E-state index contributed by atoms with van der Waals surface area (Å²) in [5.41, 5.74) is 0.429. The van der Waals surface area contributed by atoms with Gasteiger partial charge in [0.05, 0.1) is 12.6 Å². The molecular formula is C11H19N3O2. The Hall–Kier alpha value is -0.650. The van der Waals surface area contributed by atoms with Crippen molar-refractivity contribution in [3.63, 3.8) is 0 Å². The van der Waals surface area contributed by atoms with E-state index in [1.807, 2.05) is 9.80 Å². The minimum atomic E-state index is -0.212. The van der Waals surface area contributed by atoms with E-state index in [4.69, 9.17) is 5.11 Å². The Labute approximate surface area is 95.6 Å². The zero-order valence-electron chi connectivity index (χ0n) is 9.72. The summed E-state index contributed by atoms with van der Waals surface area (Å²) < 4.78 is 0. The van der Waals surface area contributed by atoms with Crippen LogP contribution in [0.1, 0.15) is 0 Å². The Bertz CT molecular complexity index is 300. The van der Waals surface area contributed by atoms with Gasteiger partial charge in [-0.25, -0.2) is 0 Å². The molecule has 5 nitrogen and oxygen atoms in total. The molecule has 0 aromatic carbocycles. The minimum Gasteiger partial charge on any atom is -0.390 e. The average molecular weight is 225 g/mol. The molecule has 16 heavy (non-hydrogen) atoms. The lowest BCUT2D eigenvalue weighted by molar-refractivity contribution is -0.159. The second-order valence-electron chi connectivity index (χ2n) is 5.77. The van der Waals surface area contributed by atoms with Crippen molar-refractivity contribution in [3.05, 3.63) is 0 Å². The van der Waals surface area contributed by atoms with E-state index in [-0.39, 0.29) is 12.0 Å². The molecule has 0 saturated carbocycles. The first kappa shape index (κ1) is 10.5. The van der Waals surface area contributed by atoms with Gasteiger partial charge >= 0.3 is 0 Å². The Morgan fingerprint density at radius 3 is 2.44 bits per heavy atom. The van der Waals surface area contributed by atoms with Gasteiger partial charge in [0, 0.05) is 44.7 Å². The largest absolute Gasteiger partial charge is 0.390 e. The van der Waals surface area contributed by atoms with Crippen molar-refractivity contribution in [1.82, 2.24) is 14.7 Å². The summed E-state index contributed by atoms with van der Waals surface area (Å²) in [4.78, 5) is 18.1. The first-order valence-corrected chi connectivity index (χ1v) is 5.93. The number of aliphatic hydroxyl groups excluding tert-OH is 1. The number of hydrogen-bond donors (Lipinski definition) is 1. The number of hydrogen-bond acceptors (Lipinski definition) is 4. The van der Waals surface area contributed by atoms with Gasteiger partial charge in [0.1, 0.15) is 0 Å². The summed E-state index contributed by atoms with van der Waals surface area (Å²) in [7, 11) is 2.12. The summed E-state index contributed by atoms with van der Waals surface area (Å²) in [6.07, 6.45) is -0.212. The molecule has 0 aliphatic carbocycles. The second kappa shape index (κ2) is 3.42. The van der Waals surface area contributed by atoms with Gasteiger partial charge in [-0.2, -0.15) is 0 Å². The molecule has 90 valence electrons. The van der Waals surface area contributed by atoms with Crippen molar-refractivity contribution in [2.75, 3.05) is 52.9 Å². The van der Waals surface area contributed by atoms with Crippen LogP contribution in [-0.2, 0) is 4.79 Å². The van der Waals surface area contributed by atoms with Crippen LogP contribution in [0.25, 0.3) is 0 Å². The van der Waals surface area contributed by atoms with Crippen molar-refractivity contribution in [2.45, 2.75) is 6.10 Å². The van der Waals surface area contributed by atoms with Crippen molar-refractivity contribution >= 4 is 5.91 Å².